The molecule has 0 unspecified atom stereocenters. The predicted octanol–water partition coefficient (Wildman–Crippen LogP) is 1.26. The Balaban J connectivity index is 3.16. The van der Waals surface area contributed by atoms with E-state index in [4.69, 9.17) is 5.11 Å². The SMILES string of the molecule is CC(C)CCNC/C=C/C(=O)O. The van der Waals surface area contributed by atoms with E-state index in [1.54, 1.807) is 6.08 Å². The van der Waals surface area contributed by atoms with Crippen molar-refractivity contribution in [3.8, 4) is 0 Å². The van der Waals surface area contributed by atoms with Gasteiger partial charge in [0.2, 0.25) is 0 Å². The van der Waals surface area contributed by atoms with Gasteiger partial charge in [0.15, 0.2) is 0 Å². The summed E-state index contributed by atoms with van der Waals surface area (Å²) < 4.78 is 0. The number of carboxylic acids is 1. The topological polar surface area (TPSA) is 49.3 Å². The minimum atomic E-state index is -0.888. The van der Waals surface area contributed by atoms with Crippen LogP contribution in [0.1, 0.15) is 20.3 Å². The molecule has 0 saturated carbocycles. The minimum absolute atomic E-state index is 0.638. The molecule has 3 nitrogen and oxygen atoms in total. The van der Waals surface area contributed by atoms with Crippen molar-refractivity contribution in [3.63, 3.8) is 0 Å². The highest BCUT2D eigenvalue weighted by molar-refractivity contribution is 5.79. The third-order valence-electron chi connectivity index (χ3n) is 1.42. The molecule has 3 heteroatoms. The monoisotopic (exact) mass is 171 g/mol. The highest BCUT2D eigenvalue weighted by Gasteiger charge is 1.91. The molecule has 0 fully saturated rings. The van der Waals surface area contributed by atoms with Crippen LogP contribution in [0.3, 0.4) is 0 Å². The molecule has 0 aromatic rings. The first-order chi connectivity index (χ1) is 5.63. The Morgan fingerprint density at radius 2 is 2.25 bits per heavy atom. The van der Waals surface area contributed by atoms with Crippen LogP contribution in [0.2, 0.25) is 0 Å². The number of rotatable bonds is 6. The summed E-state index contributed by atoms with van der Waals surface area (Å²) in [6.45, 7) is 5.91. The minimum Gasteiger partial charge on any atom is -0.478 e. The molecule has 0 atom stereocenters. The van der Waals surface area contributed by atoms with Crippen molar-refractivity contribution in [2.75, 3.05) is 13.1 Å². The van der Waals surface area contributed by atoms with Gasteiger partial charge in [-0.1, -0.05) is 19.9 Å². The van der Waals surface area contributed by atoms with Crippen molar-refractivity contribution in [3.05, 3.63) is 12.2 Å². The second kappa shape index (κ2) is 6.85. The molecule has 0 aromatic carbocycles. The Bertz CT molecular complexity index is 153. The van der Waals surface area contributed by atoms with E-state index in [0.29, 0.717) is 12.5 Å². The lowest BCUT2D eigenvalue weighted by Gasteiger charge is -2.03. The number of hydrogen-bond acceptors (Lipinski definition) is 2. The molecule has 0 aromatic heterocycles. The summed E-state index contributed by atoms with van der Waals surface area (Å²) in [5, 5.41) is 11.4. The summed E-state index contributed by atoms with van der Waals surface area (Å²) >= 11 is 0. The molecule has 0 rings (SSSR count). The van der Waals surface area contributed by atoms with E-state index < -0.39 is 5.97 Å². The van der Waals surface area contributed by atoms with Gasteiger partial charge in [0.25, 0.3) is 0 Å². The molecule has 70 valence electrons. The first-order valence-electron chi connectivity index (χ1n) is 4.23. The van der Waals surface area contributed by atoms with Gasteiger partial charge < -0.3 is 10.4 Å². The molecular formula is C9H17NO2. The summed E-state index contributed by atoms with van der Waals surface area (Å²) in [5.74, 6) is -0.193. The fourth-order valence-electron chi connectivity index (χ4n) is 0.736. The Labute approximate surface area is 73.5 Å². The number of nitrogens with one attached hydrogen (secondary N) is 1. The van der Waals surface area contributed by atoms with Gasteiger partial charge in [0, 0.05) is 12.6 Å². The van der Waals surface area contributed by atoms with Gasteiger partial charge >= 0.3 is 5.97 Å². The zero-order valence-corrected chi connectivity index (χ0v) is 7.71. The molecule has 0 amide bonds. The standard InChI is InChI=1S/C9H17NO2/c1-8(2)5-7-10-6-3-4-9(11)12/h3-4,8,10H,5-7H2,1-2H3,(H,11,12)/b4-3+. The fraction of sp³-hybridized carbons (Fsp3) is 0.667. The molecule has 0 aliphatic rings. The molecule has 0 spiro atoms. The normalized spacial score (nSPS) is 11.2. The summed E-state index contributed by atoms with van der Waals surface area (Å²) in [6.07, 6.45) is 3.89. The van der Waals surface area contributed by atoms with E-state index in [-0.39, 0.29) is 0 Å². The van der Waals surface area contributed by atoms with Crippen molar-refractivity contribution < 1.29 is 9.90 Å². The average molecular weight is 171 g/mol. The molecule has 12 heavy (non-hydrogen) atoms. The van der Waals surface area contributed by atoms with Gasteiger partial charge in [-0.25, -0.2) is 4.79 Å². The van der Waals surface area contributed by atoms with Gasteiger partial charge in [-0.3, -0.25) is 0 Å². The smallest absolute Gasteiger partial charge is 0.328 e. The maximum Gasteiger partial charge on any atom is 0.328 e. The molecule has 0 aliphatic carbocycles. The summed E-state index contributed by atoms with van der Waals surface area (Å²) in [6, 6.07) is 0. The van der Waals surface area contributed by atoms with Crippen molar-refractivity contribution in [2.24, 2.45) is 5.92 Å². The highest BCUT2D eigenvalue weighted by Crippen LogP contribution is 1.95. The van der Waals surface area contributed by atoms with Crippen LogP contribution in [0.15, 0.2) is 12.2 Å². The van der Waals surface area contributed by atoms with Crippen LogP contribution >= 0.6 is 0 Å². The van der Waals surface area contributed by atoms with E-state index in [1.807, 2.05) is 0 Å². The maximum absolute atomic E-state index is 10.0. The zero-order chi connectivity index (χ0) is 9.40. The number of carboxylic acid groups (broad SMARTS) is 1. The lowest BCUT2D eigenvalue weighted by Crippen LogP contribution is -2.16. The van der Waals surface area contributed by atoms with Crippen LogP contribution in [-0.2, 0) is 4.79 Å². The first kappa shape index (κ1) is 11.2. The van der Waals surface area contributed by atoms with Crippen molar-refractivity contribution >= 4 is 5.97 Å². The quantitative estimate of drug-likeness (QED) is 0.467. The molecule has 2 N–H and O–H groups in total. The Morgan fingerprint density at radius 3 is 2.75 bits per heavy atom. The predicted molar refractivity (Wildman–Crippen MR) is 49.1 cm³/mol. The van der Waals surface area contributed by atoms with E-state index in [2.05, 4.69) is 19.2 Å². The van der Waals surface area contributed by atoms with Crippen molar-refractivity contribution in [1.29, 1.82) is 0 Å². The van der Waals surface area contributed by atoms with Crippen LogP contribution in [0.25, 0.3) is 0 Å². The van der Waals surface area contributed by atoms with Gasteiger partial charge in [0.1, 0.15) is 0 Å². The van der Waals surface area contributed by atoms with Crippen LogP contribution in [-0.4, -0.2) is 24.2 Å². The lowest BCUT2D eigenvalue weighted by molar-refractivity contribution is -0.131. The third kappa shape index (κ3) is 9.17. The summed E-state index contributed by atoms with van der Waals surface area (Å²) in [7, 11) is 0. The molecule has 0 heterocycles. The van der Waals surface area contributed by atoms with Crippen LogP contribution in [0, 0.1) is 5.92 Å². The van der Waals surface area contributed by atoms with E-state index in [0.717, 1.165) is 19.0 Å². The Hall–Kier alpha value is -0.830. The molecule has 0 bridgehead atoms. The van der Waals surface area contributed by atoms with Crippen LogP contribution < -0.4 is 5.32 Å². The van der Waals surface area contributed by atoms with Gasteiger partial charge in [-0.15, -0.1) is 0 Å². The summed E-state index contributed by atoms with van der Waals surface area (Å²) in [5.41, 5.74) is 0. The van der Waals surface area contributed by atoms with Gasteiger partial charge in [-0.2, -0.15) is 0 Å². The van der Waals surface area contributed by atoms with Gasteiger partial charge in [-0.05, 0) is 18.9 Å². The largest absolute Gasteiger partial charge is 0.478 e. The second-order valence-corrected chi connectivity index (χ2v) is 3.13. The van der Waals surface area contributed by atoms with Crippen molar-refractivity contribution in [1.82, 2.24) is 5.32 Å². The number of aliphatic carboxylic acids is 1. The Morgan fingerprint density at radius 1 is 1.58 bits per heavy atom. The molecule has 0 aliphatic heterocycles. The number of hydrogen-bond donors (Lipinski definition) is 2. The molecule has 0 radical (unpaired) electrons. The highest BCUT2D eigenvalue weighted by atomic mass is 16.4. The summed E-state index contributed by atoms with van der Waals surface area (Å²) in [4.78, 5) is 10.0. The molecule has 0 saturated heterocycles. The van der Waals surface area contributed by atoms with Crippen LogP contribution in [0.5, 0.6) is 0 Å². The first-order valence-corrected chi connectivity index (χ1v) is 4.23. The van der Waals surface area contributed by atoms with E-state index >= 15 is 0 Å². The third-order valence-corrected chi connectivity index (χ3v) is 1.42. The zero-order valence-electron chi connectivity index (χ0n) is 7.71. The maximum atomic E-state index is 10.0. The van der Waals surface area contributed by atoms with E-state index in [9.17, 15) is 4.79 Å². The number of carbonyl (C=O) groups is 1. The van der Waals surface area contributed by atoms with E-state index in [1.165, 1.54) is 0 Å². The average Bonchev–Trinajstić information content (AvgIpc) is 1.95. The second-order valence-electron chi connectivity index (χ2n) is 3.13. The molecular weight excluding hydrogens is 154 g/mol. The van der Waals surface area contributed by atoms with Gasteiger partial charge in [0.05, 0.1) is 0 Å². The fourth-order valence-corrected chi connectivity index (χ4v) is 0.736. The Kier molecular flexibility index (Phi) is 6.38. The van der Waals surface area contributed by atoms with Crippen LogP contribution in [0.4, 0.5) is 0 Å². The van der Waals surface area contributed by atoms with Crippen molar-refractivity contribution in [2.45, 2.75) is 20.3 Å². The lowest BCUT2D eigenvalue weighted by atomic mass is 10.1.